The predicted octanol–water partition coefficient (Wildman–Crippen LogP) is 1.51. The van der Waals surface area contributed by atoms with E-state index < -0.39 is 5.97 Å². The molecular formula is C13H17NO5. The topological polar surface area (TPSA) is 77.0 Å². The Morgan fingerprint density at radius 1 is 1.42 bits per heavy atom. The number of benzene rings is 1. The van der Waals surface area contributed by atoms with Crippen molar-refractivity contribution in [2.75, 3.05) is 14.2 Å². The highest BCUT2D eigenvalue weighted by molar-refractivity contribution is 5.86. The van der Waals surface area contributed by atoms with Crippen LogP contribution in [0.3, 0.4) is 0 Å². The van der Waals surface area contributed by atoms with E-state index in [2.05, 4.69) is 10.2 Å². The Morgan fingerprint density at radius 2 is 2.16 bits per heavy atom. The number of aryl methyl sites for hydroxylation is 1. The van der Waals surface area contributed by atoms with Gasteiger partial charge in [-0.25, -0.2) is 10.3 Å². The van der Waals surface area contributed by atoms with Crippen LogP contribution in [0, 0.1) is 6.92 Å². The minimum atomic E-state index is -0.632. The molecule has 2 N–H and O–H groups in total. The van der Waals surface area contributed by atoms with Gasteiger partial charge < -0.3 is 19.4 Å². The Bertz CT molecular complexity index is 470. The number of carbonyl (C=O) groups is 1. The summed E-state index contributed by atoms with van der Waals surface area (Å²) in [5, 5.41) is 8.68. The fraction of sp³-hybridized carbons (Fsp3) is 0.308. The van der Waals surface area contributed by atoms with Crippen molar-refractivity contribution in [2.45, 2.75) is 13.5 Å². The van der Waals surface area contributed by atoms with E-state index >= 15 is 0 Å². The average molecular weight is 267 g/mol. The molecule has 0 aromatic heterocycles. The molecular weight excluding hydrogens is 250 g/mol. The molecule has 0 unspecified atom stereocenters. The Kier molecular flexibility index (Phi) is 5.84. The molecule has 0 atom stereocenters. The van der Waals surface area contributed by atoms with E-state index in [0.717, 1.165) is 11.1 Å². The maximum Gasteiger partial charge on any atom is 0.377 e. The molecule has 0 saturated carbocycles. The second kappa shape index (κ2) is 7.40. The summed E-state index contributed by atoms with van der Waals surface area (Å²) in [5.41, 5.74) is 3.71. The van der Waals surface area contributed by atoms with Crippen molar-refractivity contribution in [1.82, 2.24) is 5.48 Å². The van der Waals surface area contributed by atoms with Crippen LogP contribution in [0.25, 0.3) is 0 Å². The molecule has 0 radical (unpaired) electrons. The molecule has 104 valence electrons. The summed E-state index contributed by atoms with van der Waals surface area (Å²) in [7, 11) is 2.67. The molecule has 6 nitrogen and oxygen atoms in total. The first-order valence-corrected chi connectivity index (χ1v) is 5.58. The van der Waals surface area contributed by atoms with Gasteiger partial charge in [0.05, 0.1) is 14.2 Å². The van der Waals surface area contributed by atoms with Gasteiger partial charge in [-0.1, -0.05) is 12.1 Å². The minimum Gasteiger partial charge on any atom is -0.500 e. The summed E-state index contributed by atoms with van der Waals surface area (Å²) in [5.74, 6) is -0.199. The van der Waals surface area contributed by atoms with Crippen LogP contribution >= 0.6 is 0 Å². The van der Waals surface area contributed by atoms with E-state index in [9.17, 15) is 4.79 Å². The third kappa shape index (κ3) is 4.27. The van der Waals surface area contributed by atoms with Crippen LogP contribution in [0.5, 0.6) is 5.75 Å². The highest BCUT2D eigenvalue weighted by Gasteiger charge is 2.14. The Balaban J connectivity index is 2.98. The van der Waals surface area contributed by atoms with Crippen molar-refractivity contribution < 1.29 is 24.2 Å². The summed E-state index contributed by atoms with van der Waals surface area (Å²) in [6, 6.07) is 5.37. The molecule has 1 aromatic carbocycles. The van der Waals surface area contributed by atoms with Gasteiger partial charge in [0.1, 0.15) is 12.0 Å². The standard InChI is InChI=1S/C13H17NO5/c1-9-4-5-10(7-14-16)6-11(9)19-12(8-17-2)13(15)18-3/h4-6,8,14,16H,7H2,1-3H3/b12-8-. The van der Waals surface area contributed by atoms with Gasteiger partial charge in [0, 0.05) is 6.54 Å². The summed E-state index contributed by atoms with van der Waals surface area (Å²) in [6.07, 6.45) is 1.17. The lowest BCUT2D eigenvalue weighted by molar-refractivity contribution is -0.138. The third-order valence-electron chi connectivity index (χ3n) is 2.37. The van der Waals surface area contributed by atoms with Crippen LogP contribution in [0.1, 0.15) is 11.1 Å². The molecule has 6 heteroatoms. The van der Waals surface area contributed by atoms with Gasteiger partial charge in [-0.2, -0.15) is 0 Å². The largest absolute Gasteiger partial charge is 0.500 e. The van der Waals surface area contributed by atoms with E-state index in [1.807, 2.05) is 19.1 Å². The zero-order chi connectivity index (χ0) is 14.3. The number of hydroxylamine groups is 1. The molecule has 0 aliphatic rings. The molecule has 0 spiro atoms. The summed E-state index contributed by atoms with van der Waals surface area (Å²) >= 11 is 0. The van der Waals surface area contributed by atoms with Crippen LogP contribution in [0.2, 0.25) is 0 Å². The monoisotopic (exact) mass is 267 g/mol. The van der Waals surface area contributed by atoms with E-state index in [1.54, 1.807) is 6.07 Å². The Morgan fingerprint density at radius 3 is 2.74 bits per heavy atom. The van der Waals surface area contributed by atoms with Gasteiger partial charge in [-0.05, 0) is 24.1 Å². The van der Waals surface area contributed by atoms with E-state index in [0.29, 0.717) is 5.75 Å². The highest BCUT2D eigenvalue weighted by atomic mass is 16.6. The number of hydrogen-bond donors (Lipinski definition) is 2. The summed E-state index contributed by atoms with van der Waals surface area (Å²) in [6.45, 7) is 2.12. The lowest BCUT2D eigenvalue weighted by Crippen LogP contribution is -2.12. The molecule has 1 rings (SSSR count). The fourth-order valence-electron chi connectivity index (χ4n) is 1.40. The average Bonchev–Trinajstić information content (AvgIpc) is 2.41. The zero-order valence-electron chi connectivity index (χ0n) is 11.1. The minimum absolute atomic E-state index is 0.0535. The quantitative estimate of drug-likeness (QED) is 0.352. The maximum absolute atomic E-state index is 11.5. The SMILES string of the molecule is CO/C=C(\Oc1cc(CNO)ccc1C)C(=O)OC. The molecule has 0 aliphatic carbocycles. The second-order valence-electron chi connectivity index (χ2n) is 3.75. The van der Waals surface area contributed by atoms with Crippen LogP contribution in [-0.4, -0.2) is 25.4 Å². The molecule has 0 aliphatic heterocycles. The maximum atomic E-state index is 11.5. The lowest BCUT2D eigenvalue weighted by Gasteiger charge is -2.11. The second-order valence-corrected chi connectivity index (χ2v) is 3.75. The van der Waals surface area contributed by atoms with E-state index in [-0.39, 0.29) is 12.3 Å². The molecule has 0 amide bonds. The number of rotatable bonds is 6. The predicted molar refractivity (Wildman–Crippen MR) is 67.5 cm³/mol. The highest BCUT2D eigenvalue weighted by Crippen LogP contribution is 2.22. The molecule has 19 heavy (non-hydrogen) atoms. The van der Waals surface area contributed by atoms with Crippen molar-refractivity contribution in [2.24, 2.45) is 0 Å². The smallest absolute Gasteiger partial charge is 0.377 e. The Labute approximate surface area is 111 Å². The van der Waals surface area contributed by atoms with Gasteiger partial charge in [-0.15, -0.1) is 0 Å². The van der Waals surface area contributed by atoms with Gasteiger partial charge in [0.2, 0.25) is 5.76 Å². The first-order valence-electron chi connectivity index (χ1n) is 5.58. The number of ether oxygens (including phenoxy) is 3. The van der Waals surface area contributed by atoms with Crippen molar-refractivity contribution in [3.8, 4) is 5.75 Å². The summed E-state index contributed by atoms with van der Waals surface area (Å²) < 4.78 is 14.8. The fourth-order valence-corrected chi connectivity index (χ4v) is 1.40. The van der Waals surface area contributed by atoms with Gasteiger partial charge in [-0.3, -0.25) is 0 Å². The molecule has 1 aromatic rings. The van der Waals surface area contributed by atoms with Crippen LogP contribution in [0.4, 0.5) is 0 Å². The van der Waals surface area contributed by atoms with E-state index in [4.69, 9.17) is 14.7 Å². The number of methoxy groups -OCH3 is 2. The van der Waals surface area contributed by atoms with Crippen LogP contribution in [-0.2, 0) is 20.8 Å². The first-order chi connectivity index (χ1) is 9.12. The molecule has 0 fully saturated rings. The van der Waals surface area contributed by atoms with Crippen molar-refractivity contribution in [3.05, 3.63) is 41.3 Å². The summed E-state index contributed by atoms with van der Waals surface area (Å²) in [4.78, 5) is 11.5. The number of carbonyl (C=O) groups excluding carboxylic acids is 1. The molecule has 0 saturated heterocycles. The van der Waals surface area contributed by atoms with E-state index in [1.165, 1.54) is 20.5 Å². The molecule has 0 bridgehead atoms. The normalized spacial score (nSPS) is 11.1. The zero-order valence-corrected chi connectivity index (χ0v) is 11.1. The number of hydrogen-bond acceptors (Lipinski definition) is 6. The molecule has 0 heterocycles. The number of nitrogens with one attached hydrogen (secondary N) is 1. The Hall–Kier alpha value is -2.05. The lowest BCUT2D eigenvalue weighted by atomic mass is 10.1. The van der Waals surface area contributed by atoms with Crippen LogP contribution < -0.4 is 10.2 Å². The first kappa shape index (κ1) is 15.0. The van der Waals surface area contributed by atoms with Crippen molar-refractivity contribution in [3.63, 3.8) is 0 Å². The van der Waals surface area contributed by atoms with Gasteiger partial charge in [0.15, 0.2) is 0 Å². The van der Waals surface area contributed by atoms with Crippen molar-refractivity contribution >= 4 is 5.97 Å². The third-order valence-corrected chi connectivity index (χ3v) is 2.37. The van der Waals surface area contributed by atoms with Gasteiger partial charge in [0.25, 0.3) is 0 Å². The van der Waals surface area contributed by atoms with Crippen LogP contribution in [0.15, 0.2) is 30.2 Å². The van der Waals surface area contributed by atoms with Gasteiger partial charge >= 0.3 is 5.97 Å². The number of esters is 1. The van der Waals surface area contributed by atoms with Crippen molar-refractivity contribution in [1.29, 1.82) is 0 Å².